The second-order valence-electron chi connectivity index (χ2n) is 5.55. The molecule has 2 N–H and O–H groups in total. The van der Waals surface area contributed by atoms with Gasteiger partial charge >= 0.3 is 0 Å². The first-order valence-corrected chi connectivity index (χ1v) is 6.32. The van der Waals surface area contributed by atoms with Crippen LogP contribution in [0, 0.1) is 0 Å². The van der Waals surface area contributed by atoms with Gasteiger partial charge in [-0.2, -0.15) is 0 Å². The summed E-state index contributed by atoms with van der Waals surface area (Å²) in [6.07, 6.45) is 2.98. The molecule has 0 atom stereocenters. The molecule has 5 rings (SSSR count). The van der Waals surface area contributed by atoms with Gasteiger partial charge in [-0.3, -0.25) is 0 Å². The highest BCUT2D eigenvalue weighted by Crippen LogP contribution is 2.65. The van der Waals surface area contributed by atoms with E-state index in [9.17, 15) is 0 Å². The molecule has 0 amide bonds. The number of nitrogens with zero attached hydrogens (tertiary/aromatic N) is 4. The summed E-state index contributed by atoms with van der Waals surface area (Å²) in [5.41, 5.74) is 7.09. The van der Waals surface area contributed by atoms with Gasteiger partial charge in [-0.05, 0) is 48.7 Å². The average molecular weight is 262 g/mol. The highest BCUT2D eigenvalue weighted by Gasteiger charge is 2.68. The second-order valence-corrected chi connectivity index (χ2v) is 5.99. The van der Waals surface area contributed by atoms with Crippen LogP contribution in [0.25, 0.3) is 5.69 Å². The Bertz CT molecular complexity index is 598. The molecule has 3 aliphatic carbocycles. The van der Waals surface area contributed by atoms with E-state index >= 15 is 0 Å². The molecule has 2 bridgehead atoms. The molecule has 3 aliphatic rings. The smallest absolute Gasteiger partial charge is 0.181 e. The molecule has 6 heteroatoms. The topological polar surface area (TPSA) is 69.6 Å². The fourth-order valence-electron chi connectivity index (χ4n) is 3.21. The van der Waals surface area contributed by atoms with Crippen molar-refractivity contribution in [3.8, 4) is 5.69 Å². The summed E-state index contributed by atoms with van der Waals surface area (Å²) in [6, 6.07) is 7.38. The van der Waals surface area contributed by atoms with Crippen molar-refractivity contribution >= 4 is 11.6 Å². The summed E-state index contributed by atoms with van der Waals surface area (Å²) >= 11 is 5.85. The Morgan fingerprint density at radius 1 is 1.17 bits per heavy atom. The summed E-state index contributed by atoms with van der Waals surface area (Å²) in [5.74, 6) is 0.824. The summed E-state index contributed by atoms with van der Waals surface area (Å²) in [5, 5.41) is 13.4. The Morgan fingerprint density at radius 2 is 1.83 bits per heavy atom. The first-order chi connectivity index (χ1) is 8.59. The third-order valence-electron chi connectivity index (χ3n) is 4.02. The number of halogens is 1. The Labute approximate surface area is 109 Å². The fraction of sp³-hybridized carbons (Fsp3) is 0.417. The molecule has 1 heterocycles. The summed E-state index contributed by atoms with van der Waals surface area (Å²) in [7, 11) is 0. The van der Waals surface area contributed by atoms with Crippen LogP contribution in [-0.2, 0) is 5.41 Å². The highest BCUT2D eigenvalue weighted by atomic mass is 35.5. The van der Waals surface area contributed by atoms with E-state index in [0.717, 1.165) is 30.8 Å². The van der Waals surface area contributed by atoms with Crippen molar-refractivity contribution in [2.24, 2.45) is 5.73 Å². The van der Waals surface area contributed by atoms with Crippen molar-refractivity contribution in [3.05, 3.63) is 35.1 Å². The molecule has 2 aromatic rings. The molecule has 5 nitrogen and oxygen atoms in total. The zero-order valence-electron chi connectivity index (χ0n) is 9.67. The maximum atomic E-state index is 6.05. The van der Waals surface area contributed by atoms with Crippen LogP contribution in [-0.4, -0.2) is 25.7 Å². The monoisotopic (exact) mass is 261 g/mol. The van der Waals surface area contributed by atoms with Crippen molar-refractivity contribution in [1.82, 2.24) is 20.2 Å². The van der Waals surface area contributed by atoms with E-state index in [0.29, 0.717) is 5.02 Å². The lowest BCUT2D eigenvalue weighted by Crippen LogP contribution is -2.74. The Hall–Kier alpha value is -1.46. The molecule has 0 unspecified atom stereocenters. The van der Waals surface area contributed by atoms with Crippen molar-refractivity contribution < 1.29 is 0 Å². The second kappa shape index (κ2) is 3.10. The van der Waals surface area contributed by atoms with Gasteiger partial charge in [-0.1, -0.05) is 11.6 Å². The molecule has 3 saturated carbocycles. The first-order valence-electron chi connectivity index (χ1n) is 5.94. The van der Waals surface area contributed by atoms with Crippen LogP contribution in [0.15, 0.2) is 24.3 Å². The Balaban J connectivity index is 1.65. The minimum Gasteiger partial charge on any atom is -0.325 e. The standard InChI is InChI=1S/C12H12ClN5/c13-8-1-3-9(4-2-8)18-16-10(15-17-18)11-5-12(14,6-11)7-11/h1-4H,5-7,14H2. The Morgan fingerprint density at radius 3 is 2.44 bits per heavy atom. The molecular formula is C12H12ClN5. The molecule has 1 aromatic carbocycles. The quantitative estimate of drug-likeness (QED) is 0.888. The van der Waals surface area contributed by atoms with E-state index in [-0.39, 0.29) is 11.0 Å². The third-order valence-corrected chi connectivity index (χ3v) is 4.27. The van der Waals surface area contributed by atoms with Crippen LogP contribution in [0.2, 0.25) is 5.02 Å². The van der Waals surface area contributed by atoms with Crippen LogP contribution in [0.4, 0.5) is 0 Å². The van der Waals surface area contributed by atoms with Gasteiger partial charge in [-0.25, -0.2) is 0 Å². The summed E-state index contributed by atoms with van der Waals surface area (Å²) in [6.45, 7) is 0. The number of aromatic nitrogens is 4. The molecule has 0 aliphatic heterocycles. The maximum absolute atomic E-state index is 6.05. The van der Waals surface area contributed by atoms with E-state index in [4.69, 9.17) is 17.3 Å². The van der Waals surface area contributed by atoms with Gasteiger partial charge in [0.05, 0.1) is 5.69 Å². The van der Waals surface area contributed by atoms with Gasteiger partial charge in [0.25, 0.3) is 0 Å². The number of benzene rings is 1. The highest BCUT2D eigenvalue weighted by molar-refractivity contribution is 6.30. The predicted molar refractivity (Wildman–Crippen MR) is 66.6 cm³/mol. The van der Waals surface area contributed by atoms with Gasteiger partial charge < -0.3 is 5.73 Å². The zero-order chi connectivity index (χ0) is 12.4. The van der Waals surface area contributed by atoms with Crippen LogP contribution >= 0.6 is 11.6 Å². The van der Waals surface area contributed by atoms with E-state index in [1.165, 1.54) is 0 Å². The van der Waals surface area contributed by atoms with E-state index in [1.807, 2.05) is 24.3 Å². The maximum Gasteiger partial charge on any atom is 0.181 e. The van der Waals surface area contributed by atoms with E-state index in [2.05, 4.69) is 15.4 Å². The minimum absolute atomic E-state index is 0.0612. The number of tetrazole rings is 1. The summed E-state index contributed by atoms with van der Waals surface area (Å²) < 4.78 is 0. The molecule has 0 spiro atoms. The number of hydrogen-bond donors (Lipinski definition) is 1. The van der Waals surface area contributed by atoms with Crippen LogP contribution in [0.1, 0.15) is 25.1 Å². The average Bonchev–Trinajstić information content (AvgIpc) is 2.74. The van der Waals surface area contributed by atoms with E-state index < -0.39 is 0 Å². The van der Waals surface area contributed by atoms with Crippen LogP contribution in [0.5, 0.6) is 0 Å². The number of nitrogens with two attached hydrogens (primary N) is 1. The van der Waals surface area contributed by atoms with Crippen molar-refractivity contribution in [2.45, 2.75) is 30.2 Å². The van der Waals surface area contributed by atoms with Crippen LogP contribution in [0.3, 0.4) is 0 Å². The fourth-order valence-corrected chi connectivity index (χ4v) is 3.34. The van der Waals surface area contributed by atoms with E-state index in [1.54, 1.807) is 4.80 Å². The van der Waals surface area contributed by atoms with Crippen molar-refractivity contribution in [2.75, 3.05) is 0 Å². The summed E-state index contributed by atoms with van der Waals surface area (Å²) in [4.78, 5) is 1.55. The normalized spacial score (nSPS) is 32.8. The lowest BCUT2D eigenvalue weighted by atomic mass is 9.39. The first kappa shape index (κ1) is 10.5. The molecule has 0 radical (unpaired) electrons. The molecule has 3 fully saturated rings. The van der Waals surface area contributed by atoms with Gasteiger partial charge in [0.2, 0.25) is 0 Å². The molecule has 18 heavy (non-hydrogen) atoms. The number of hydrogen-bond acceptors (Lipinski definition) is 4. The van der Waals surface area contributed by atoms with Gasteiger partial charge in [0, 0.05) is 16.0 Å². The zero-order valence-corrected chi connectivity index (χ0v) is 10.4. The Kier molecular flexibility index (Phi) is 1.80. The van der Waals surface area contributed by atoms with Crippen LogP contribution < -0.4 is 5.73 Å². The third kappa shape index (κ3) is 1.29. The van der Waals surface area contributed by atoms with Crippen molar-refractivity contribution in [1.29, 1.82) is 0 Å². The van der Waals surface area contributed by atoms with Crippen molar-refractivity contribution in [3.63, 3.8) is 0 Å². The minimum atomic E-state index is 0.0612. The molecule has 0 saturated heterocycles. The molecular weight excluding hydrogens is 250 g/mol. The molecule has 1 aromatic heterocycles. The predicted octanol–water partition coefficient (Wildman–Crippen LogP) is 1.45. The lowest BCUT2D eigenvalue weighted by molar-refractivity contribution is -0.0653. The largest absolute Gasteiger partial charge is 0.325 e. The van der Waals surface area contributed by atoms with Gasteiger partial charge in [-0.15, -0.1) is 15.0 Å². The molecule has 92 valence electrons. The van der Waals surface area contributed by atoms with Gasteiger partial charge in [0.1, 0.15) is 0 Å². The van der Waals surface area contributed by atoms with Gasteiger partial charge in [0.15, 0.2) is 5.82 Å². The SMILES string of the molecule is NC12CC(c3nnn(-c4ccc(Cl)cc4)n3)(C1)C2. The lowest BCUT2D eigenvalue weighted by Gasteiger charge is -2.67. The number of rotatable bonds is 2.